The highest BCUT2D eigenvalue weighted by atomic mass is 16.5. The van der Waals surface area contributed by atoms with E-state index in [4.69, 9.17) is 9.15 Å². The van der Waals surface area contributed by atoms with Crippen molar-refractivity contribution >= 4 is 0 Å². The van der Waals surface area contributed by atoms with Gasteiger partial charge in [0.2, 0.25) is 0 Å². The second kappa shape index (κ2) is 6.92. The second-order valence-corrected chi connectivity index (χ2v) is 4.93. The molecular weight excluding hydrogens is 228 g/mol. The molecule has 2 heterocycles. The molecule has 0 amide bonds. The number of furan rings is 1. The third-order valence-corrected chi connectivity index (χ3v) is 3.43. The molecular formula is C14H24N2O2. The van der Waals surface area contributed by atoms with Gasteiger partial charge in [0.15, 0.2) is 0 Å². The van der Waals surface area contributed by atoms with Crippen LogP contribution in [0.15, 0.2) is 10.5 Å². The van der Waals surface area contributed by atoms with Crippen LogP contribution >= 0.6 is 0 Å². The van der Waals surface area contributed by atoms with Crippen molar-refractivity contribution in [3.63, 3.8) is 0 Å². The van der Waals surface area contributed by atoms with Gasteiger partial charge in [-0.15, -0.1) is 0 Å². The van der Waals surface area contributed by atoms with E-state index in [9.17, 15) is 0 Å². The Morgan fingerprint density at radius 1 is 1.39 bits per heavy atom. The molecule has 4 heteroatoms. The number of nitrogens with zero attached hydrogens (tertiary/aromatic N) is 1. The minimum absolute atomic E-state index is 0.660. The van der Waals surface area contributed by atoms with E-state index in [1.165, 1.54) is 31.5 Å². The standard InChI is InChI=1S/C14H24N2O2/c1-12-13(9-14(18-12)10-15-2)11-17-8-7-16-5-3-4-6-16/h9,15H,3-8,10-11H2,1-2H3. The van der Waals surface area contributed by atoms with Crippen molar-refractivity contribution in [2.75, 3.05) is 33.3 Å². The van der Waals surface area contributed by atoms with E-state index in [2.05, 4.69) is 16.3 Å². The first-order valence-electron chi connectivity index (χ1n) is 6.82. The molecule has 0 atom stereocenters. The van der Waals surface area contributed by atoms with Crippen LogP contribution in [0.5, 0.6) is 0 Å². The molecule has 102 valence electrons. The van der Waals surface area contributed by atoms with Gasteiger partial charge in [-0.2, -0.15) is 0 Å². The predicted molar refractivity (Wildman–Crippen MR) is 71.5 cm³/mol. The van der Waals surface area contributed by atoms with Crippen molar-refractivity contribution < 1.29 is 9.15 Å². The van der Waals surface area contributed by atoms with Gasteiger partial charge in [0.05, 0.1) is 19.8 Å². The first kappa shape index (κ1) is 13.6. The highest BCUT2D eigenvalue weighted by Crippen LogP contribution is 2.15. The Hall–Kier alpha value is -0.840. The number of ether oxygens (including phenoxy) is 1. The lowest BCUT2D eigenvalue weighted by atomic mass is 10.2. The molecule has 18 heavy (non-hydrogen) atoms. The largest absolute Gasteiger partial charge is 0.465 e. The summed E-state index contributed by atoms with van der Waals surface area (Å²) in [6, 6.07) is 2.09. The SMILES string of the molecule is CNCc1cc(COCCN2CCCC2)c(C)o1. The van der Waals surface area contributed by atoms with Gasteiger partial charge in [-0.25, -0.2) is 0 Å². The Balaban J connectivity index is 1.68. The maximum Gasteiger partial charge on any atom is 0.118 e. The van der Waals surface area contributed by atoms with Crippen molar-refractivity contribution in [1.29, 1.82) is 0 Å². The first-order valence-corrected chi connectivity index (χ1v) is 6.82. The van der Waals surface area contributed by atoms with E-state index in [0.29, 0.717) is 6.61 Å². The van der Waals surface area contributed by atoms with Crippen LogP contribution in [0.25, 0.3) is 0 Å². The normalized spacial score (nSPS) is 16.6. The summed E-state index contributed by atoms with van der Waals surface area (Å²) in [6.07, 6.45) is 2.68. The summed E-state index contributed by atoms with van der Waals surface area (Å²) < 4.78 is 11.4. The number of nitrogens with one attached hydrogen (secondary N) is 1. The van der Waals surface area contributed by atoms with Crippen molar-refractivity contribution in [2.45, 2.75) is 32.9 Å². The van der Waals surface area contributed by atoms with Crippen LogP contribution in [0.4, 0.5) is 0 Å². The fourth-order valence-corrected chi connectivity index (χ4v) is 2.37. The Kier molecular flexibility index (Phi) is 5.23. The highest BCUT2D eigenvalue weighted by molar-refractivity contribution is 5.19. The summed E-state index contributed by atoms with van der Waals surface area (Å²) in [5, 5.41) is 3.09. The Labute approximate surface area is 109 Å². The lowest BCUT2D eigenvalue weighted by Gasteiger charge is -2.13. The smallest absolute Gasteiger partial charge is 0.118 e. The number of hydrogen-bond acceptors (Lipinski definition) is 4. The van der Waals surface area contributed by atoms with Crippen LogP contribution in [-0.4, -0.2) is 38.2 Å². The molecule has 1 N–H and O–H groups in total. The van der Waals surface area contributed by atoms with E-state index in [1.807, 2.05) is 14.0 Å². The monoisotopic (exact) mass is 252 g/mol. The molecule has 1 aromatic rings. The van der Waals surface area contributed by atoms with Gasteiger partial charge >= 0.3 is 0 Å². The summed E-state index contributed by atoms with van der Waals surface area (Å²) in [4.78, 5) is 2.47. The van der Waals surface area contributed by atoms with E-state index >= 15 is 0 Å². The van der Waals surface area contributed by atoms with Crippen molar-refractivity contribution in [3.05, 3.63) is 23.2 Å². The minimum atomic E-state index is 0.660. The van der Waals surface area contributed by atoms with Crippen LogP contribution in [0.3, 0.4) is 0 Å². The molecule has 1 aliphatic heterocycles. The Morgan fingerprint density at radius 2 is 2.17 bits per heavy atom. The molecule has 4 nitrogen and oxygen atoms in total. The second-order valence-electron chi connectivity index (χ2n) is 4.93. The highest BCUT2D eigenvalue weighted by Gasteiger charge is 2.11. The van der Waals surface area contributed by atoms with Crippen LogP contribution in [0.2, 0.25) is 0 Å². The molecule has 2 rings (SSSR count). The molecule has 0 bridgehead atoms. The molecule has 1 saturated heterocycles. The maximum atomic E-state index is 5.73. The number of likely N-dealkylation sites (tertiary alicyclic amines) is 1. The average molecular weight is 252 g/mol. The number of rotatable bonds is 7. The van der Waals surface area contributed by atoms with E-state index in [-0.39, 0.29) is 0 Å². The average Bonchev–Trinajstić information content (AvgIpc) is 2.96. The molecule has 0 spiro atoms. The summed E-state index contributed by atoms with van der Waals surface area (Å²) in [5.74, 6) is 1.95. The van der Waals surface area contributed by atoms with Crippen LogP contribution in [0, 0.1) is 6.92 Å². The summed E-state index contributed by atoms with van der Waals surface area (Å²) in [5.41, 5.74) is 1.17. The lowest BCUT2D eigenvalue weighted by Crippen LogP contribution is -2.23. The van der Waals surface area contributed by atoms with Crippen molar-refractivity contribution in [3.8, 4) is 0 Å². The fourth-order valence-electron chi connectivity index (χ4n) is 2.37. The fraction of sp³-hybridized carbons (Fsp3) is 0.714. The minimum Gasteiger partial charge on any atom is -0.465 e. The van der Waals surface area contributed by atoms with Crippen LogP contribution in [-0.2, 0) is 17.9 Å². The van der Waals surface area contributed by atoms with Crippen molar-refractivity contribution in [1.82, 2.24) is 10.2 Å². The van der Waals surface area contributed by atoms with Gasteiger partial charge in [-0.3, -0.25) is 0 Å². The van der Waals surface area contributed by atoms with Gasteiger partial charge in [-0.05, 0) is 46.0 Å². The van der Waals surface area contributed by atoms with Gasteiger partial charge in [-0.1, -0.05) is 0 Å². The third-order valence-electron chi connectivity index (χ3n) is 3.43. The quantitative estimate of drug-likeness (QED) is 0.752. The molecule has 0 unspecified atom stereocenters. The van der Waals surface area contributed by atoms with Gasteiger partial charge in [0.25, 0.3) is 0 Å². The van der Waals surface area contributed by atoms with Crippen LogP contribution in [0.1, 0.15) is 29.9 Å². The predicted octanol–water partition coefficient (Wildman–Crippen LogP) is 1.92. The topological polar surface area (TPSA) is 37.6 Å². The molecule has 0 saturated carbocycles. The zero-order valence-electron chi connectivity index (χ0n) is 11.5. The van der Waals surface area contributed by atoms with E-state index in [0.717, 1.165) is 31.2 Å². The molecule has 0 radical (unpaired) electrons. The Morgan fingerprint density at radius 3 is 2.89 bits per heavy atom. The summed E-state index contributed by atoms with van der Waals surface area (Å²) >= 11 is 0. The molecule has 0 aliphatic carbocycles. The van der Waals surface area contributed by atoms with Crippen LogP contribution < -0.4 is 5.32 Å². The van der Waals surface area contributed by atoms with Gasteiger partial charge in [0.1, 0.15) is 11.5 Å². The van der Waals surface area contributed by atoms with E-state index in [1.54, 1.807) is 0 Å². The van der Waals surface area contributed by atoms with Gasteiger partial charge in [0, 0.05) is 12.1 Å². The maximum absolute atomic E-state index is 5.73. The zero-order chi connectivity index (χ0) is 12.8. The van der Waals surface area contributed by atoms with Crippen molar-refractivity contribution in [2.24, 2.45) is 0 Å². The molecule has 0 aromatic carbocycles. The third kappa shape index (κ3) is 3.83. The molecule has 1 aliphatic rings. The summed E-state index contributed by atoms with van der Waals surface area (Å²) in [7, 11) is 1.92. The Bertz CT molecular complexity index is 357. The number of hydrogen-bond donors (Lipinski definition) is 1. The molecule has 1 aromatic heterocycles. The zero-order valence-corrected chi connectivity index (χ0v) is 11.5. The first-order chi connectivity index (χ1) is 8.79. The summed E-state index contributed by atoms with van der Waals surface area (Å²) in [6.45, 7) is 7.77. The van der Waals surface area contributed by atoms with E-state index < -0.39 is 0 Å². The number of aryl methyl sites for hydroxylation is 1. The lowest BCUT2D eigenvalue weighted by molar-refractivity contribution is 0.0985. The molecule has 1 fully saturated rings. The van der Waals surface area contributed by atoms with Gasteiger partial charge < -0.3 is 19.4 Å².